The summed E-state index contributed by atoms with van der Waals surface area (Å²) < 4.78 is 0.737. The average molecular weight is 317 g/mol. The number of nitrogens with zero attached hydrogens (tertiary/aromatic N) is 1. The zero-order valence-corrected chi connectivity index (χ0v) is 11.7. The van der Waals surface area contributed by atoms with Crippen molar-refractivity contribution in [1.29, 1.82) is 0 Å². The molecule has 0 aliphatic heterocycles. The lowest BCUT2D eigenvalue weighted by molar-refractivity contribution is 0.0796. The van der Waals surface area contributed by atoms with Gasteiger partial charge in [-0.25, -0.2) is 0 Å². The Labute approximate surface area is 114 Å². The van der Waals surface area contributed by atoms with Crippen molar-refractivity contribution >= 4 is 39.0 Å². The number of halogens is 1. The van der Waals surface area contributed by atoms with E-state index in [1.54, 1.807) is 19.2 Å². The molecule has 0 saturated heterocycles. The van der Waals surface area contributed by atoms with Crippen molar-refractivity contribution in [3.05, 3.63) is 28.2 Å². The summed E-state index contributed by atoms with van der Waals surface area (Å²) >= 11 is 8.00. The molecule has 4 nitrogen and oxygen atoms in total. The summed E-state index contributed by atoms with van der Waals surface area (Å²) in [6.07, 6.45) is 0.465. The monoisotopic (exact) mass is 316 g/mol. The van der Waals surface area contributed by atoms with Crippen LogP contribution in [0.5, 0.6) is 5.75 Å². The quantitative estimate of drug-likeness (QED) is 0.833. The molecule has 0 aliphatic rings. The first-order valence-corrected chi connectivity index (χ1v) is 6.14. The molecule has 0 fully saturated rings. The van der Waals surface area contributed by atoms with Crippen LogP contribution in [0, 0.1) is 0 Å². The lowest BCUT2D eigenvalue weighted by atomic mass is 10.2. The van der Waals surface area contributed by atoms with Crippen LogP contribution in [-0.4, -0.2) is 34.5 Å². The molecular formula is C11H13BrN2O2S. The second-order valence-electron chi connectivity index (χ2n) is 3.60. The van der Waals surface area contributed by atoms with Crippen LogP contribution in [0.1, 0.15) is 16.8 Å². The fraction of sp³-hybridized carbons (Fsp3) is 0.273. The standard InChI is InChI=1S/C11H13BrN2O2S/c1-14(5-4-10(13)17)11(16)8-6-7(12)2-3-9(8)15/h2-3,6,15H,4-5H2,1H3,(H2,13,17). The summed E-state index contributed by atoms with van der Waals surface area (Å²) in [6, 6.07) is 4.72. The van der Waals surface area contributed by atoms with Crippen LogP contribution >= 0.6 is 28.1 Å². The van der Waals surface area contributed by atoms with Crippen LogP contribution in [0.3, 0.4) is 0 Å². The maximum Gasteiger partial charge on any atom is 0.257 e. The number of hydrogen-bond acceptors (Lipinski definition) is 3. The summed E-state index contributed by atoms with van der Waals surface area (Å²) in [5, 5.41) is 9.61. The van der Waals surface area contributed by atoms with E-state index in [-0.39, 0.29) is 17.2 Å². The Hall–Kier alpha value is -1.14. The van der Waals surface area contributed by atoms with E-state index >= 15 is 0 Å². The molecule has 1 aromatic carbocycles. The van der Waals surface area contributed by atoms with Gasteiger partial charge < -0.3 is 15.7 Å². The van der Waals surface area contributed by atoms with Gasteiger partial charge in [0.15, 0.2) is 0 Å². The molecule has 0 atom stereocenters. The Kier molecular flexibility index (Phi) is 4.89. The normalized spacial score (nSPS) is 10.0. The third kappa shape index (κ3) is 3.98. The van der Waals surface area contributed by atoms with Crippen LogP contribution in [0.4, 0.5) is 0 Å². The van der Waals surface area contributed by atoms with Crippen LogP contribution in [0.15, 0.2) is 22.7 Å². The molecule has 17 heavy (non-hydrogen) atoms. The molecule has 0 spiro atoms. The first-order valence-electron chi connectivity index (χ1n) is 4.94. The minimum Gasteiger partial charge on any atom is -0.507 e. The molecular weight excluding hydrogens is 304 g/mol. The number of benzene rings is 1. The van der Waals surface area contributed by atoms with Crippen LogP contribution in [-0.2, 0) is 0 Å². The van der Waals surface area contributed by atoms with Crippen molar-refractivity contribution in [1.82, 2.24) is 4.90 Å². The molecule has 0 aliphatic carbocycles. The van der Waals surface area contributed by atoms with Gasteiger partial charge in [0.2, 0.25) is 0 Å². The Bertz CT molecular complexity index is 451. The van der Waals surface area contributed by atoms with Gasteiger partial charge in [-0.3, -0.25) is 4.79 Å². The molecule has 3 N–H and O–H groups in total. The first kappa shape index (κ1) is 13.9. The van der Waals surface area contributed by atoms with Crippen LogP contribution in [0.25, 0.3) is 0 Å². The van der Waals surface area contributed by atoms with E-state index in [4.69, 9.17) is 18.0 Å². The van der Waals surface area contributed by atoms with Crippen molar-refractivity contribution in [2.24, 2.45) is 5.73 Å². The van der Waals surface area contributed by atoms with Gasteiger partial charge in [-0.1, -0.05) is 28.1 Å². The summed E-state index contributed by atoms with van der Waals surface area (Å²) in [7, 11) is 1.64. The Morgan fingerprint density at radius 2 is 2.24 bits per heavy atom. The fourth-order valence-corrected chi connectivity index (χ4v) is 1.72. The van der Waals surface area contributed by atoms with E-state index in [0.717, 1.165) is 4.47 Å². The van der Waals surface area contributed by atoms with E-state index in [2.05, 4.69) is 15.9 Å². The second-order valence-corrected chi connectivity index (χ2v) is 5.04. The molecule has 92 valence electrons. The number of carbonyl (C=O) groups is 1. The number of phenols is 1. The molecule has 0 radical (unpaired) electrons. The molecule has 1 amide bonds. The van der Waals surface area contributed by atoms with E-state index in [1.165, 1.54) is 11.0 Å². The molecule has 0 saturated carbocycles. The predicted molar refractivity (Wildman–Crippen MR) is 74.2 cm³/mol. The Morgan fingerprint density at radius 1 is 1.59 bits per heavy atom. The molecule has 6 heteroatoms. The summed E-state index contributed by atoms with van der Waals surface area (Å²) in [5.74, 6) is -0.305. The van der Waals surface area contributed by atoms with Gasteiger partial charge in [-0.2, -0.15) is 0 Å². The highest BCUT2D eigenvalue weighted by atomic mass is 79.9. The fourth-order valence-electron chi connectivity index (χ4n) is 1.26. The molecule has 0 unspecified atom stereocenters. The second kappa shape index (κ2) is 5.97. The maximum atomic E-state index is 12.0. The van der Waals surface area contributed by atoms with Gasteiger partial charge in [-0.15, -0.1) is 0 Å². The van der Waals surface area contributed by atoms with Gasteiger partial charge in [-0.05, 0) is 18.2 Å². The summed E-state index contributed by atoms with van der Waals surface area (Å²) in [6.45, 7) is 0.431. The average Bonchev–Trinajstić information content (AvgIpc) is 2.28. The number of aromatic hydroxyl groups is 1. The first-order chi connectivity index (χ1) is 7.91. The lowest BCUT2D eigenvalue weighted by Gasteiger charge is -2.17. The van der Waals surface area contributed by atoms with Crippen molar-refractivity contribution in [3.63, 3.8) is 0 Å². The van der Waals surface area contributed by atoms with Crippen molar-refractivity contribution in [3.8, 4) is 5.75 Å². The van der Waals surface area contributed by atoms with E-state index in [0.29, 0.717) is 18.0 Å². The van der Waals surface area contributed by atoms with Crippen molar-refractivity contribution in [2.45, 2.75) is 6.42 Å². The SMILES string of the molecule is CN(CCC(N)=S)C(=O)c1cc(Br)ccc1O. The number of rotatable bonds is 4. The Morgan fingerprint density at radius 3 is 2.82 bits per heavy atom. The maximum absolute atomic E-state index is 12.0. The van der Waals surface area contributed by atoms with Gasteiger partial charge in [0.1, 0.15) is 5.75 Å². The van der Waals surface area contributed by atoms with Gasteiger partial charge in [0, 0.05) is 24.5 Å². The minimum atomic E-state index is -0.264. The summed E-state index contributed by atoms with van der Waals surface area (Å²) in [4.78, 5) is 13.8. The predicted octanol–water partition coefficient (Wildman–Crippen LogP) is 1.90. The smallest absolute Gasteiger partial charge is 0.257 e. The zero-order valence-electron chi connectivity index (χ0n) is 9.31. The van der Waals surface area contributed by atoms with E-state index in [9.17, 15) is 9.90 Å². The number of hydrogen-bond donors (Lipinski definition) is 2. The number of phenolic OH excluding ortho intramolecular Hbond substituents is 1. The Balaban J connectivity index is 2.81. The van der Waals surface area contributed by atoms with E-state index < -0.39 is 0 Å². The number of nitrogens with two attached hydrogens (primary N) is 1. The number of carbonyl (C=O) groups excluding carboxylic acids is 1. The van der Waals surface area contributed by atoms with Crippen molar-refractivity contribution < 1.29 is 9.90 Å². The molecule has 0 aromatic heterocycles. The highest BCUT2D eigenvalue weighted by molar-refractivity contribution is 9.10. The molecule has 1 aromatic rings. The van der Waals surface area contributed by atoms with E-state index in [1.807, 2.05) is 0 Å². The van der Waals surface area contributed by atoms with Crippen LogP contribution < -0.4 is 5.73 Å². The summed E-state index contributed by atoms with van der Waals surface area (Å²) in [5.41, 5.74) is 5.62. The van der Waals surface area contributed by atoms with Crippen LogP contribution in [0.2, 0.25) is 0 Å². The topological polar surface area (TPSA) is 66.6 Å². The zero-order chi connectivity index (χ0) is 13.0. The van der Waals surface area contributed by atoms with Gasteiger partial charge in [0.05, 0.1) is 10.6 Å². The third-order valence-electron chi connectivity index (χ3n) is 2.23. The minimum absolute atomic E-state index is 0.0413. The number of amides is 1. The van der Waals surface area contributed by atoms with Gasteiger partial charge >= 0.3 is 0 Å². The largest absolute Gasteiger partial charge is 0.507 e. The third-order valence-corrected chi connectivity index (χ3v) is 2.93. The highest BCUT2D eigenvalue weighted by Gasteiger charge is 2.15. The molecule has 1 rings (SSSR count). The molecule has 0 bridgehead atoms. The van der Waals surface area contributed by atoms with Gasteiger partial charge in [0.25, 0.3) is 5.91 Å². The van der Waals surface area contributed by atoms with Crippen molar-refractivity contribution in [2.75, 3.05) is 13.6 Å². The molecule has 0 heterocycles. The lowest BCUT2D eigenvalue weighted by Crippen LogP contribution is -2.30. The highest BCUT2D eigenvalue weighted by Crippen LogP contribution is 2.22. The number of thiocarbonyl (C=S) groups is 1.